The number of aryl methyl sites for hydroxylation is 2. The molecule has 2 unspecified atom stereocenters. The number of amides is 1. The van der Waals surface area contributed by atoms with Crippen LogP contribution in [0.3, 0.4) is 0 Å². The van der Waals surface area contributed by atoms with E-state index >= 15 is 0 Å². The number of carbonyl (C=O) groups is 1. The molecule has 7 heteroatoms. The van der Waals surface area contributed by atoms with Gasteiger partial charge in [0.2, 0.25) is 0 Å². The van der Waals surface area contributed by atoms with E-state index in [1.807, 2.05) is 26.0 Å². The molecule has 3 heterocycles. The van der Waals surface area contributed by atoms with Gasteiger partial charge in [-0.15, -0.1) is 0 Å². The number of fused-ring (bicyclic) bond motifs is 1. The monoisotopic (exact) mass is 410 g/mol. The minimum atomic E-state index is -1.03. The first kappa shape index (κ1) is 17.1. The zero-order valence-electron chi connectivity index (χ0n) is 14.3. The average Bonchev–Trinajstić information content (AvgIpc) is 3.31. The number of carbonyl (C=O) groups excluding carboxylic acids is 1. The summed E-state index contributed by atoms with van der Waals surface area (Å²) >= 11 is 2.46. The third kappa shape index (κ3) is 3.10. The molecule has 0 aliphatic heterocycles. The topological polar surface area (TPSA) is 67.8 Å². The molecular weight excluding hydrogens is 394 g/mol. The molecule has 1 aliphatic carbocycles. The summed E-state index contributed by atoms with van der Waals surface area (Å²) < 4.78 is 13.8. The minimum absolute atomic E-state index is 0.295. The first-order chi connectivity index (χ1) is 12.4. The Morgan fingerprint density at radius 1 is 1.31 bits per heavy atom. The number of halogens is 1. The van der Waals surface area contributed by atoms with Gasteiger partial charge in [-0.25, -0.2) is 0 Å². The number of anilines is 1. The second-order valence-corrected chi connectivity index (χ2v) is 7.45. The molecule has 26 heavy (non-hydrogen) atoms. The van der Waals surface area contributed by atoms with Crippen LogP contribution < -0.4 is 9.80 Å². The van der Waals surface area contributed by atoms with Crippen molar-refractivity contribution in [2.45, 2.75) is 26.4 Å². The van der Waals surface area contributed by atoms with Crippen molar-refractivity contribution in [1.82, 2.24) is 15.0 Å². The second-order valence-electron chi connectivity index (χ2n) is 6.56. The van der Waals surface area contributed by atoms with E-state index in [1.165, 1.54) is 0 Å². The van der Waals surface area contributed by atoms with Crippen LogP contribution in [0.4, 0.5) is 10.2 Å². The SMILES string of the molecule is Cc1ccnc(C)c1-c1cc2cc(NC(=O)C3CC3F)ncc2c([As])n1. The van der Waals surface area contributed by atoms with E-state index in [0.29, 0.717) is 12.2 Å². The van der Waals surface area contributed by atoms with Gasteiger partial charge in [0.15, 0.2) is 0 Å². The van der Waals surface area contributed by atoms with Gasteiger partial charge in [0.25, 0.3) is 0 Å². The molecule has 5 nitrogen and oxygen atoms in total. The molecular formula is C19H16AsFN4O. The number of nitrogens with one attached hydrogen (secondary N) is 1. The van der Waals surface area contributed by atoms with Gasteiger partial charge in [0.1, 0.15) is 0 Å². The van der Waals surface area contributed by atoms with Crippen LogP contribution in [-0.4, -0.2) is 43.9 Å². The quantitative estimate of drug-likeness (QED) is 0.674. The van der Waals surface area contributed by atoms with Crippen molar-refractivity contribution in [3.63, 3.8) is 0 Å². The maximum absolute atomic E-state index is 13.1. The van der Waals surface area contributed by atoms with Crippen LogP contribution in [0.2, 0.25) is 0 Å². The number of hydrogen-bond donors (Lipinski definition) is 1. The summed E-state index contributed by atoms with van der Waals surface area (Å²) in [7, 11) is 0. The summed E-state index contributed by atoms with van der Waals surface area (Å²) in [5.41, 5.74) is 3.84. The summed E-state index contributed by atoms with van der Waals surface area (Å²) in [5.74, 6) is -0.435. The Labute approximate surface area is 159 Å². The van der Waals surface area contributed by atoms with Crippen molar-refractivity contribution in [2.24, 2.45) is 5.92 Å². The van der Waals surface area contributed by atoms with Crippen molar-refractivity contribution < 1.29 is 9.18 Å². The van der Waals surface area contributed by atoms with Crippen molar-refractivity contribution in [1.29, 1.82) is 0 Å². The maximum atomic E-state index is 13.1. The second kappa shape index (κ2) is 6.44. The van der Waals surface area contributed by atoms with Gasteiger partial charge in [0.05, 0.1) is 0 Å². The fourth-order valence-electron chi connectivity index (χ4n) is 3.06. The molecule has 0 aromatic carbocycles. The third-order valence-electron chi connectivity index (χ3n) is 4.60. The normalized spacial score (nSPS) is 18.8. The summed E-state index contributed by atoms with van der Waals surface area (Å²) in [5, 5.41) is 4.50. The molecule has 130 valence electrons. The molecule has 3 aromatic rings. The molecule has 1 amide bonds. The van der Waals surface area contributed by atoms with Crippen LogP contribution in [0.1, 0.15) is 17.7 Å². The first-order valence-electron chi connectivity index (χ1n) is 8.31. The summed E-state index contributed by atoms with van der Waals surface area (Å²) in [6.45, 7) is 3.99. The molecule has 1 fully saturated rings. The van der Waals surface area contributed by atoms with E-state index in [9.17, 15) is 9.18 Å². The van der Waals surface area contributed by atoms with Crippen molar-refractivity contribution in [3.8, 4) is 11.3 Å². The predicted octanol–water partition coefficient (Wildman–Crippen LogP) is 2.40. The molecule has 0 saturated heterocycles. The van der Waals surface area contributed by atoms with Crippen LogP contribution in [0.15, 0.2) is 30.6 Å². The van der Waals surface area contributed by atoms with E-state index in [4.69, 9.17) is 0 Å². The third-order valence-corrected chi connectivity index (χ3v) is 5.32. The Kier molecular flexibility index (Phi) is 4.23. The number of rotatable bonds is 3. The van der Waals surface area contributed by atoms with Gasteiger partial charge in [-0.2, -0.15) is 0 Å². The van der Waals surface area contributed by atoms with Gasteiger partial charge < -0.3 is 0 Å². The van der Waals surface area contributed by atoms with Gasteiger partial charge in [-0.3, -0.25) is 0 Å². The molecule has 1 N–H and O–H groups in total. The van der Waals surface area contributed by atoms with E-state index in [0.717, 1.165) is 37.8 Å². The standard InChI is InChI=1S/C19H16AsFN4O/c1-9-3-4-22-10(2)17(9)15-5-11-6-16(23-8-13(11)18(20)24-15)25-19(26)12-7-14(12)21/h3-6,8,12,14H,7H2,1-2H3,(H,23,25,26). The predicted molar refractivity (Wildman–Crippen MR) is 99.3 cm³/mol. The van der Waals surface area contributed by atoms with E-state index < -0.39 is 12.1 Å². The first-order valence-corrected chi connectivity index (χ1v) is 9.25. The molecule has 1 aliphatic rings. The summed E-state index contributed by atoms with van der Waals surface area (Å²) in [4.78, 5) is 25.3. The Morgan fingerprint density at radius 3 is 2.77 bits per heavy atom. The fourth-order valence-corrected chi connectivity index (χ4v) is 3.68. The van der Waals surface area contributed by atoms with Crippen LogP contribution in [0.25, 0.3) is 22.0 Å². The molecule has 2 radical (unpaired) electrons. The molecule has 3 aromatic heterocycles. The molecule has 2 atom stereocenters. The van der Waals surface area contributed by atoms with Gasteiger partial charge in [-0.1, -0.05) is 0 Å². The van der Waals surface area contributed by atoms with Gasteiger partial charge in [0, 0.05) is 0 Å². The molecule has 0 bridgehead atoms. The van der Waals surface area contributed by atoms with Crippen molar-refractivity contribution >= 4 is 43.8 Å². The zero-order valence-corrected chi connectivity index (χ0v) is 16.2. The Hall–Kier alpha value is -2.33. The van der Waals surface area contributed by atoms with Crippen LogP contribution in [0, 0.1) is 19.8 Å². The summed E-state index contributed by atoms with van der Waals surface area (Å²) in [6, 6.07) is 5.72. The number of aromatic nitrogens is 3. The number of nitrogens with zero attached hydrogens (tertiary/aromatic N) is 3. The van der Waals surface area contributed by atoms with E-state index in [2.05, 4.69) is 37.1 Å². The fraction of sp³-hybridized carbons (Fsp3) is 0.263. The van der Waals surface area contributed by atoms with Crippen LogP contribution in [0.5, 0.6) is 0 Å². The molecule has 0 spiro atoms. The number of hydrogen-bond acceptors (Lipinski definition) is 4. The van der Waals surface area contributed by atoms with Crippen LogP contribution >= 0.6 is 0 Å². The van der Waals surface area contributed by atoms with Crippen molar-refractivity contribution in [2.75, 3.05) is 5.32 Å². The number of pyridine rings is 3. The molecule has 1 saturated carbocycles. The van der Waals surface area contributed by atoms with Gasteiger partial charge >= 0.3 is 159 Å². The average molecular weight is 410 g/mol. The Balaban J connectivity index is 1.76. The Morgan fingerprint density at radius 2 is 2.08 bits per heavy atom. The summed E-state index contributed by atoms with van der Waals surface area (Å²) in [6.07, 6.45) is 2.73. The Bertz CT molecular complexity index is 1020. The molecule has 4 rings (SSSR count). The van der Waals surface area contributed by atoms with Gasteiger partial charge in [-0.05, 0) is 0 Å². The number of alkyl halides is 1. The van der Waals surface area contributed by atoms with Crippen molar-refractivity contribution in [3.05, 3.63) is 41.9 Å². The van der Waals surface area contributed by atoms with E-state index in [1.54, 1.807) is 18.5 Å². The van der Waals surface area contributed by atoms with Crippen LogP contribution in [-0.2, 0) is 4.79 Å². The van der Waals surface area contributed by atoms with E-state index in [-0.39, 0.29) is 5.91 Å². The zero-order chi connectivity index (χ0) is 18.4.